The van der Waals surface area contributed by atoms with Crippen molar-refractivity contribution in [1.82, 2.24) is 20.1 Å². The number of ether oxygens (including phenoxy) is 2. The number of aliphatic hydroxyl groups excluding tert-OH is 1. The van der Waals surface area contributed by atoms with Crippen LogP contribution in [0.25, 0.3) is 0 Å². The van der Waals surface area contributed by atoms with E-state index in [2.05, 4.69) is 20.1 Å². The lowest BCUT2D eigenvalue weighted by molar-refractivity contribution is -0.0564. The zero-order valence-corrected chi connectivity index (χ0v) is 14.0. The number of H-pyrrole nitrogens is 1. The number of rotatable bonds is 7. The van der Waals surface area contributed by atoms with Crippen molar-refractivity contribution in [3.63, 3.8) is 0 Å². The average Bonchev–Trinajstić information content (AvgIpc) is 3.19. The summed E-state index contributed by atoms with van der Waals surface area (Å²) in [5.74, 6) is 1.46. The molecule has 2 aromatic heterocycles. The lowest BCUT2D eigenvalue weighted by Crippen LogP contribution is -2.43. The van der Waals surface area contributed by atoms with Crippen molar-refractivity contribution in [2.24, 2.45) is 0 Å². The highest BCUT2D eigenvalue weighted by Crippen LogP contribution is 2.19. The number of nitrogens with one attached hydrogen (secondary N) is 1. The van der Waals surface area contributed by atoms with Gasteiger partial charge in [0.25, 0.3) is 0 Å². The van der Waals surface area contributed by atoms with Crippen LogP contribution in [0.15, 0.2) is 17.5 Å². The van der Waals surface area contributed by atoms with Crippen LogP contribution in [0, 0.1) is 6.92 Å². The SMILES string of the molecule is Cc1nc([C@@H]2CN(C[C@@H](O)COCc3cccs3)CCO2)n[nH]1. The molecule has 0 amide bonds. The summed E-state index contributed by atoms with van der Waals surface area (Å²) in [7, 11) is 0. The molecule has 0 aliphatic carbocycles. The van der Waals surface area contributed by atoms with Gasteiger partial charge in [-0.2, -0.15) is 5.10 Å². The molecule has 23 heavy (non-hydrogen) atoms. The number of β-amino-alcohol motifs (C(OH)–C–C–N with tert-alkyl or cyclic N) is 1. The van der Waals surface area contributed by atoms with Gasteiger partial charge in [-0.1, -0.05) is 6.07 Å². The van der Waals surface area contributed by atoms with Gasteiger partial charge in [-0.3, -0.25) is 10.00 Å². The fourth-order valence-electron chi connectivity index (χ4n) is 2.57. The Morgan fingerprint density at radius 3 is 3.26 bits per heavy atom. The van der Waals surface area contributed by atoms with Crippen molar-refractivity contribution in [1.29, 1.82) is 0 Å². The second-order valence-electron chi connectivity index (χ2n) is 5.65. The van der Waals surface area contributed by atoms with Crippen LogP contribution in [0.3, 0.4) is 0 Å². The summed E-state index contributed by atoms with van der Waals surface area (Å²) in [5, 5.41) is 19.2. The van der Waals surface area contributed by atoms with Crippen molar-refractivity contribution in [2.45, 2.75) is 25.7 Å². The van der Waals surface area contributed by atoms with Crippen molar-refractivity contribution < 1.29 is 14.6 Å². The summed E-state index contributed by atoms with van der Waals surface area (Å²) in [5.41, 5.74) is 0. The quantitative estimate of drug-likeness (QED) is 0.787. The van der Waals surface area contributed by atoms with E-state index in [1.54, 1.807) is 11.3 Å². The molecule has 0 unspecified atom stereocenters. The largest absolute Gasteiger partial charge is 0.389 e. The van der Waals surface area contributed by atoms with Gasteiger partial charge in [-0.25, -0.2) is 4.98 Å². The third-order valence-corrected chi connectivity index (χ3v) is 4.51. The van der Waals surface area contributed by atoms with E-state index in [0.29, 0.717) is 38.7 Å². The van der Waals surface area contributed by atoms with Gasteiger partial charge in [0.05, 0.1) is 25.9 Å². The molecule has 0 aromatic carbocycles. The molecule has 8 heteroatoms. The molecule has 1 aliphatic rings. The Morgan fingerprint density at radius 2 is 2.52 bits per heavy atom. The van der Waals surface area contributed by atoms with Crippen molar-refractivity contribution in [2.75, 3.05) is 32.8 Å². The Bertz CT molecular complexity index is 589. The third kappa shape index (κ3) is 4.82. The van der Waals surface area contributed by atoms with Crippen LogP contribution in [0.4, 0.5) is 0 Å². The van der Waals surface area contributed by atoms with E-state index in [4.69, 9.17) is 9.47 Å². The molecule has 126 valence electrons. The fourth-order valence-corrected chi connectivity index (χ4v) is 3.21. The molecular formula is C15H22N4O3S. The number of hydrogen-bond acceptors (Lipinski definition) is 7. The molecule has 0 saturated carbocycles. The molecule has 7 nitrogen and oxygen atoms in total. The summed E-state index contributed by atoms with van der Waals surface area (Å²) in [6.07, 6.45) is -0.657. The summed E-state index contributed by atoms with van der Waals surface area (Å²) >= 11 is 1.66. The summed E-state index contributed by atoms with van der Waals surface area (Å²) in [6.45, 7) is 5.40. The van der Waals surface area contributed by atoms with E-state index in [-0.39, 0.29) is 6.10 Å². The average molecular weight is 338 g/mol. The maximum atomic E-state index is 10.1. The first kappa shape index (κ1) is 16.5. The van der Waals surface area contributed by atoms with Crippen molar-refractivity contribution >= 4 is 11.3 Å². The number of aromatic nitrogens is 3. The Balaban J connectivity index is 1.41. The minimum absolute atomic E-state index is 0.145. The van der Waals surface area contributed by atoms with Gasteiger partial charge in [-0.05, 0) is 18.4 Å². The van der Waals surface area contributed by atoms with Crippen molar-refractivity contribution in [3.05, 3.63) is 34.0 Å². The van der Waals surface area contributed by atoms with Crippen LogP contribution >= 0.6 is 11.3 Å². The molecule has 1 fully saturated rings. The maximum Gasteiger partial charge on any atom is 0.180 e. The van der Waals surface area contributed by atoms with E-state index in [9.17, 15) is 5.11 Å². The summed E-state index contributed by atoms with van der Waals surface area (Å²) in [4.78, 5) is 7.66. The number of aryl methyl sites for hydroxylation is 1. The van der Waals surface area contributed by atoms with E-state index in [1.165, 1.54) is 4.88 Å². The number of hydrogen-bond donors (Lipinski definition) is 2. The van der Waals surface area contributed by atoms with Gasteiger partial charge in [0, 0.05) is 24.5 Å². The maximum absolute atomic E-state index is 10.1. The van der Waals surface area contributed by atoms with Crippen LogP contribution in [-0.2, 0) is 16.1 Å². The molecule has 3 heterocycles. The number of nitrogens with zero attached hydrogens (tertiary/aromatic N) is 3. The predicted molar refractivity (Wildman–Crippen MR) is 86.2 cm³/mol. The molecule has 0 spiro atoms. The molecule has 3 rings (SSSR count). The van der Waals surface area contributed by atoms with E-state index in [1.807, 2.05) is 24.4 Å². The van der Waals surface area contributed by atoms with Gasteiger partial charge in [0.2, 0.25) is 0 Å². The lowest BCUT2D eigenvalue weighted by Gasteiger charge is -2.32. The van der Waals surface area contributed by atoms with Gasteiger partial charge < -0.3 is 14.6 Å². The first-order chi connectivity index (χ1) is 11.2. The van der Waals surface area contributed by atoms with Crippen LogP contribution < -0.4 is 0 Å². The summed E-state index contributed by atoms with van der Waals surface area (Å²) < 4.78 is 11.3. The van der Waals surface area contributed by atoms with Crippen molar-refractivity contribution in [3.8, 4) is 0 Å². The third-order valence-electron chi connectivity index (χ3n) is 3.66. The molecule has 0 radical (unpaired) electrons. The standard InChI is InChI=1S/C15H22N4O3S/c1-11-16-15(18-17-11)14-8-19(4-5-22-14)7-12(20)9-21-10-13-3-2-6-23-13/h2-3,6,12,14,20H,4-5,7-10H2,1H3,(H,16,17,18)/t12-,14+/m1/s1. The number of aromatic amines is 1. The first-order valence-corrected chi connectivity index (χ1v) is 8.59. The number of morpholine rings is 1. The molecule has 0 bridgehead atoms. The molecule has 2 N–H and O–H groups in total. The van der Waals surface area contributed by atoms with E-state index >= 15 is 0 Å². The lowest BCUT2D eigenvalue weighted by atomic mass is 10.2. The Kier molecular flexibility index (Phi) is 5.74. The number of aliphatic hydroxyl groups is 1. The van der Waals surface area contributed by atoms with Crippen LogP contribution in [0.1, 0.15) is 22.6 Å². The molecule has 2 atom stereocenters. The molecule has 1 aliphatic heterocycles. The van der Waals surface area contributed by atoms with Crippen LogP contribution in [0.5, 0.6) is 0 Å². The van der Waals surface area contributed by atoms with Gasteiger partial charge in [-0.15, -0.1) is 11.3 Å². The van der Waals surface area contributed by atoms with Crippen LogP contribution in [-0.4, -0.2) is 64.1 Å². The minimum Gasteiger partial charge on any atom is -0.389 e. The van der Waals surface area contributed by atoms with Crippen LogP contribution in [0.2, 0.25) is 0 Å². The Labute approximate surface area is 139 Å². The molecular weight excluding hydrogens is 316 g/mol. The zero-order valence-electron chi connectivity index (χ0n) is 13.1. The van der Waals surface area contributed by atoms with Gasteiger partial charge >= 0.3 is 0 Å². The smallest absolute Gasteiger partial charge is 0.180 e. The van der Waals surface area contributed by atoms with Gasteiger partial charge in [0.1, 0.15) is 11.9 Å². The second-order valence-corrected chi connectivity index (χ2v) is 6.68. The van der Waals surface area contributed by atoms with E-state index < -0.39 is 6.10 Å². The molecule has 1 saturated heterocycles. The zero-order chi connectivity index (χ0) is 16.1. The first-order valence-electron chi connectivity index (χ1n) is 7.72. The monoisotopic (exact) mass is 338 g/mol. The summed E-state index contributed by atoms with van der Waals surface area (Å²) in [6, 6.07) is 4.03. The highest BCUT2D eigenvalue weighted by Gasteiger charge is 2.26. The second kappa shape index (κ2) is 7.98. The Morgan fingerprint density at radius 1 is 1.61 bits per heavy atom. The number of thiophene rings is 1. The van der Waals surface area contributed by atoms with E-state index in [0.717, 1.165) is 12.4 Å². The highest BCUT2D eigenvalue weighted by molar-refractivity contribution is 7.09. The fraction of sp³-hybridized carbons (Fsp3) is 0.600. The minimum atomic E-state index is -0.511. The highest BCUT2D eigenvalue weighted by atomic mass is 32.1. The Hall–Kier alpha value is -1.32. The normalized spacial score (nSPS) is 20.7. The topological polar surface area (TPSA) is 83.5 Å². The predicted octanol–water partition coefficient (Wildman–Crippen LogP) is 1.13. The molecule has 2 aromatic rings. The van der Waals surface area contributed by atoms with Gasteiger partial charge in [0.15, 0.2) is 5.82 Å².